The van der Waals surface area contributed by atoms with Gasteiger partial charge in [0.25, 0.3) is 0 Å². The SMILES string of the molecule is CN(CC1CCCN1C)c1ccccc1CCN. The number of likely N-dealkylation sites (N-methyl/N-ethyl adjacent to an activating group) is 2. The van der Waals surface area contributed by atoms with Gasteiger partial charge in [-0.15, -0.1) is 0 Å². The van der Waals surface area contributed by atoms with Crippen LogP contribution in [-0.2, 0) is 6.42 Å². The van der Waals surface area contributed by atoms with Crippen LogP contribution >= 0.6 is 0 Å². The molecule has 0 radical (unpaired) electrons. The lowest BCUT2D eigenvalue weighted by Gasteiger charge is -2.28. The third-order valence-corrected chi connectivity index (χ3v) is 3.97. The first kappa shape index (κ1) is 13.4. The van der Waals surface area contributed by atoms with Crippen LogP contribution in [0.3, 0.4) is 0 Å². The molecule has 0 aromatic heterocycles. The second-order valence-electron chi connectivity index (χ2n) is 5.32. The second kappa shape index (κ2) is 6.21. The van der Waals surface area contributed by atoms with Gasteiger partial charge in [0.05, 0.1) is 0 Å². The van der Waals surface area contributed by atoms with Gasteiger partial charge in [0.15, 0.2) is 0 Å². The van der Waals surface area contributed by atoms with Crippen molar-refractivity contribution < 1.29 is 0 Å². The first-order chi connectivity index (χ1) is 8.72. The minimum Gasteiger partial charge on any atom is -0.373 e. The third-order valence-electron chi connectivity index (χ3n) is 3.97. The van der Waals surface area contributed by atoms with Gasteiger partial charge in [-0.25, -0.2) is 0 Å². The van der Waals surface area contributed by atoms with Crippen LogP contribution in [0.5, 0.6) is 0 Å². The number of nitrogens with two attached hydrogens (primary N) is 1. The van der Waals surface area contributed by atoms with Crippen LogP contribution in [-0.4, -0.2) is 44.7 Å². The van der Waals surface area contributed by atoms with Crippen molar-refractivity contribution in [2.75, 3.05) is 38.6 Å². The lowest BCUT2D eigenvalue weighted by molar-refractivity contribution is 0.314. The lowest BCUT2D eigenvalue weighted by Crippen LogP contribution is -2.37. The van der Waals surface area contributed by atoms with Gasteiger partial charge in [0.1, 0.15) is 0 Å². The highest BCUT2D eigenvalue weighted by Gasteiger charge is 2.22. The molecule has 0 spiro atoms. The average molecular weight is 247 g/mol. The molecule has 18 heavy (non-hydrogen) atoms. The summed E-state index contributed by atoms with van der Waals surface area (Å²) < 4.78 is 0. The van der Waals surface area contributed by atoms with Crippen LogP contribution in [0.4, 0.5) is 5.69 Å². The zero-order valence-electron chi connectivity index (χ0n) is 11.6. The van der Waals surface area contributed by atoms with Crippen LogP contribution in [0.1, 0.15) is 18.4 Å². The molecule has 3 heteroatoms. The molecular weight excluding hydrogens is 222 g/mol. The zero-order valence-corrected chi connectivity index (χ0v) is 11.6. The largest absolute Gasteiger partial charge is 0.373 e. The molecule has 0 aliphatic carbocycles. The number of likely N-dealkylation sites (tertiary alicyclic amines) is 1. The van der Waals surface area contributed by atoms with Crippen molar-refractivity contribution >= 4 is 5.69 Å². The Morgan fingerprint density at radius 3 is 2.83 bits per heavy atom. The Kier molecular flexibility index (Phi) is 4.61. The fourth-order valence-corrected chi connectivity index (χ4v) is 2.87. The molecule has 0 bridgehead atoms. The maximum atomic E-state index is 5.69. The first-order valence-electron chi connectivity index (χ1n) is 6.91. The molecule has 0 saturated carbocycles. The highest BCUT2D eigenvalue weighted by molar-refractivity contribution is 5.53. The van der Waals surface area contributed by atoms with Gasteiger partial charge < -0.3 is 15.5 Å². The summed E-state index contributed by atoms with van der Waals surface area (Å²) in [5.41, 5.74) is 8.39. The van der Waals surface area contributed by atoms with E-state index in [1.165, 1.54) is 30.6 Å². The number of hydrogen-bond acceptors (Lipinski definition) is 3. The molecule has 2 rings (SSSR count). The molecule has 1 aromatic carbocycles. The van der Waals surface area contributed by atoms with Crippen LogP contribution in [0.25, 0.3) is 0 Å². The van der Waals surface area contributed by atoms with Gasteiger partial charge in [-0.3, -0.25) is 0 Å². The maximum Gasteiger partial charge on any atom is 0.0397 e. The van der Waals surface area contributed by atoms with Crippen LogP contribution < -0.4 is 10.6 Å². The van der Waals surface area contributed by atoms with Gasteiger partial charge in [-0.2, -0.15) is 0 Å². The van der Waals surface area contributed by atoms with E-state index in [-0.39, 0.29) is 0 Å². The number of nitrogens with zero attached hydrogens (tertiary/aromatic N) is 2. The number of para-hydroxylation sites is 1. The molecule has 1 aliphatic heterocycles. The van der Waals surface area contributed by atoms with Crippen LogP contribution in [0.15, 0.2) is 24.3 Å². The van der Waals surface area contributed by atoms with Crippen molar-refractivity contribution in [1.29, 1.82) is 0 Å². The van der Waals surface area contributed by atoms with E-state index < -0.39 is 0 Å². The smallest absolute Gasteiger partial charge is 0.0397 e. The summed E-state index contributed by atoms with van der Waals surface area (Å²) in [5.74, 6) is 0. The predicted molar refractivity (Wildman–Crippen MR) is 78.1 cm³/mol. The average Bonchev–Trinajstić information content (AvgIpc) is 2.76. The molecule has 3 nitrogen and oxygen atoms in total. The van der Waals surface area contributed by atoms with Crippen molar-refractivity contribution in [2.24, 2.45) is 5.73 Å². The molecule has 1 aromatic rings. The van der Waals surface area contributed by atoms with Crippen molar-refractivity contribution in [3.63, 3.8) is 0 Å². The van der Waals surface area contributed by atoms with Gasteiger partial charge in [-0.05, 0) is 51.0 Å². The summed E-state index contributed by atoms with van der Waals surface area (Å²) >= 11 is 0. The van der Waals surface area contributed by atoms with E-state index in [0.29, 0.717) is 12.6 Å². The summed E-state index contributed by atoms with van der Waals surface area (Å²) in [7, 11) is 4.43. The van der Waals surface area contributed by atoms with Crippen LogP contribution in [0.2, 0.25) is 0 Å². The fraction of sp³-hybridized carbons (Fsp3) is 0.600. The minimum atomic E-state index is 0.695. The first-order valence-corrected chi connectivity index (χ1v) is 6.91. The Morgan fingerprint density at radius 2 is 2.17 bits per heavy atom. The second-order valence-corrected chi connectivity index (χ2v) is 5.32. The van der Waals surface area contributed by atoms with Crippen molar-refractivity contribution in [3.8, 4) is 0 Å². The topological polar surface area (TPSA) is 32.5 Å². The molecule has 1 aliphatic rings. The number of benzene rings is 1. The Balaban J connectivity index is 2.05. The van der Waals surface area contributed by atoms with E-state index >= 15 is 0 Å². The Bertz CT molecular complexity index is 378. The Hall–Kier alpha value is -1.06. The van der Waals surface area contributed by atoms with Crippen LogP contribution in [0, 0.1) is 0 Å². The normalized spacial score (nSPS) is 20.3. The molecule has 1 atom stereocenters. The molecule has 2 N–H and O–H groups in total. The zero-order chi connectivity index (χ0) is 13.0. The molecule has 100 valence electrons. The standard InChI is InChI=1S/C15H25N3/c1-17-11-5-7-14(17)12-18(2)15-8-4-3-6-13(15)9-10-16/h3-4,6,8,14H,5,7,9-12,16H2,1-2H3. The molecule has 1 unspecified atom stereocenters. The molecule has 1 heterocycles. The summed E-state index contributed by atoms with van der Waals surface area (Å²) in [5, 5.41) is 0. The van der Waals surface area contributed by atoms with E-state index in [4.69, 9.17) is 5.73 Å². The van der Waals surface area contributed by atoms with Gasteiger partial charge in [-0.1, -0.05) is 18.2 Å². The summed E-state index contributed by atoms with van der Waals surface area (Å²) in [6, 6.07) is 9.31. The van der Waals surface area contributed by atoms with Crippen molar-refractivity contribution in [2.45, 2.75) is 25.3 Å². The lowest BCUT2D eigenvalue weighted by atomic mass is 10.1. The highest BCUT2D eigenvalue weighted by Crippen LogP contribution is 2.22. The Labute approximate surface area is 111 Å². The quantitative estimate of drug-likeness (QED) is 0.860. The summed E-state index contributed by atoms with van der Waals surface area (Å²) in [4.78, 5) is 4.86. The van der Waals surface area contributed by atoms with Crippen molar-refractivity contribution in [3.05, 3.63) is 29.8 Å². The maximum absolute atomic E-state index is 5.69. The molecular formula is C15H25N3. The Morgan fingerprint density at radius 1 is 1.39 bits per heavy atom. The van der Waals surface area contributed by atoms with E-state index in [9.17, 15) is 0 Å². The summed E-state index contributed by atoms with van der Waals surface area (Å²) in [6.07, 6.45) is 3.61. The van der Waals surface area contributed by atoms with E-state index in [1.54, 1.807) is 0 Å². The molecule has 0 amide bonds. The predicted octanol–water partition coefficient (Wildman–Crippen LogP) is 1.72. The van der Waals surface area contributed by atoms with Gasteiger partial charge in [0, 0.05) is 25.3 Å². The van der Waals surface area contributed by atoms with E-state index in [2.05, 4.69) is 48.2 Å². The van der Waals surface area contributed by atoms with Gasteiger partial charge in [0.2, 0.25) is 0 Å². The third kappa shape index (κ3) is 3.03. The molecule has 1 saturated heterocycles. The number of hydrogen-bond donors (Lipinski definition) is 1. The fourth-order valence-electron chi connectivity index (χ4n) is 2.87. The number of anilines is 1. The van der Waals surface area contributed by atoms with Crippen molar-refractivity contribution in [1.82, 2.24) is 4.90 Å². The minimum absolute atomic E-state index is 0.695. The summed E-state index contributed by atoms with van der Waals surface area (Å²) in [6.45, 7) is 3.06. The van der Waals surface area contributed by atoms with E-state index in [0.717, 1.165) is 13.0 Å². The molecule has 1 fully saturated rings. The van der Waals surface area contributed by atoms with Gasteiger partial charge >= 0.3 is 0 Å². The highest BCUT2D eigenvalue weighted by atomic mass is 15.2. The van der Waals surface area contributed by atoms with E-state index in [1.807, 2.05) is 0 Å². The monoisotopic (exact) mass is 247 g/mol. The number of rotatable bonds is 5.